The molecule has 23 N–H and O–H groups in total. The molecule has 22 nitrogen and oxygen atoms in total. The van der Waals surface area contributed by atoms with Crippen molar-refractivity contribution in [3.8, 4) is 0 Å². The van der Waals surface area contributed by atoms with Gasteiger partial charge >= 0.3 is 29.8 Å². The standard InChI is InChI=1S/C11H22N2O2.C10H20N2O3.C10H20N2O2.C9H18N2O2.C7H15N3O2.CH4/c1-2-3-6-9(12)7-4-5-8-10(13)11(14)15;1-2-3-8(11)4-6-15-7-5-9(12)10(13)14;1-2-5-8(11)6-3-4-7-9(12)10(13)14;1-6(2)5-7(10)3-4-8(11)9(12)13;8-4-3-5(9)1-2-6(10)7(11)12;/h10,12H,2-8,13H2,1H3,(H,14,15);9,11H,2-7,12H2,1H3,(H,13,14);9,11H,2-7,12H2,1H3,(H,13,14);7-8H,1,3-5,10-11H2,2H3,(H,12,13);6,9H,1-4,8,10H2,(H,11,12);1H4. The van der Waals surface area contributed by atoms with Crippen LogP contribution in [-0.4, -0.2) is 134 Å². The summed E-state index contributed by atoms with van der Waals surface area (Å²) >= 11 is 0. The fraction of sp³-hybridized carbons (Fsp3) is 0.771. The van der Waals surface area contributed by atoms with Gasteiger partial charge in [-0.15, -0.1) is 6.58 Å². The molecule has 0 amide bonds. The van der Waals surface area contributed by atoms with Crippen LogP contribution in [0.15, 0.2) is 12.2 Å². The van der Waals surface area contributed by atoms with Crippen molar-refractivity contribution in [2.45, 2.75) is 219 Å². The minimum Gasteiger partial charge on any atom is -0.480 e. The molecule has 70 heavy (non-hydrogen) atoms. The van der Waals surface area contributed by atoms with E-state index in [1.165, 1.54) is 0 Å². The normalized spacial score (nSPS) is 12.7. The van der Waals surface area contributed by atoms with E-state index < -0.39 is 60.1 Å². The summed E-state index contributed by atoms with van der Waals surface area (Å²) in [5.41, 5.74) is 41.2. The molecule has 0 fully saturated rings. The van der Waals surface area contributed by atoms with Gasteiger partial charge in [0.1, 0.15) is 30.2 Å². The van der Waals surface area contributed by atoms with Gasteiger partial charge in [0.05, 0.1) is 6.61 Å². The van der Waals surface area contributed by atoms with E-state index in [1.54, 1.807) is 0 Å². The average molecular weight is 1010 g/mol. The SMILES string of the molecule is C.C=C(C)CC(N)CCC(N)C(=O)O.CCCC(=N)CCCCC(N)C(=O)O.CCCC(=N)CCOCCC(N)C(=O)O.CCCCC(=N)CCCCC(N)C(=O)O.N=C(CCN)CCC(N)C(=O)O. The van der Waals surface area contributed by atoms with Crippen LogP contribution in [0.5, 0.6) is 0 Å². The Balaban J connectivity index is -0.000000183. The number of rotatable bonds is 38. The van der Waals surface area contributed by atoms with Gasteiger partial charge in [-0.25, -0.2) is 0 Å². The second-order valence-corrected chi connectivity index (χ2v) is 17.0. The average Bonchev–Trinajstić information content (AvgIpc) is 3.27. The van der Waals surface area contributed by atoms with Crippen molar-refractivity contribution in [3.63, 3.8) is 0 Å². The van der Waals surface area contributed by atoms with E-state index in [2.05, 4.69) is 20.4 Å². The quantitative estimate of drug-likeness (QED) is 0.0203. The van der Waals surface area contributed by atoms with Crippen molar-refractivity contribution in [1.29, 1.82) is 21.6 Å². The lowest BCUT2D eigenvalue weighted by atomic mass is 10.0. The molecule has 0 heterocycles. The van der Waals surface area contributed by atoms with Crippen LogP contribution in [0.1, 0.15) is 183 Å². The molecular weight excluding hydrogens is 907 g/mol. The molecule has 0 aromatic carbocycles. The highest BCUT2D eigenvalue weighted by atomic mass is 16.5. The highest BCUT2D eigenvalue weighted by molar-refractivity contribution is 5.83. The van der Waals surface area contributed by atoms with Gasteiger partial charge in [0, 0.05) is 41.9 Å². The number of carbonyl (C=O) groups is 5. The zero-order chi connectivity index (χ0) is 54.3. The van der Waals surface area contributed by atoms with Gasteiger partial charge in [-0.3, -0.25) is 24.0 Å². The molecule has 0 saturated carbocycles. The molecule has 0 saturated heterocycles. The summed E-state index contributed by atoms with van der Waals surface area (Å²) in [7, 11) is 0. The molecule has 6 atom stereocenters. The first kappa shape index (κ1) is 76.9. The number of hydrogen-bond acceptors (Lipinski definition) is 17. The first-order chi connectivity index (χ1) is 32.2. The predicted molar refractivity (Wildman–Crippen MR) is 282 cm³/mol. The van der Waals surface area contributed by atoms with Crippen molar-refractivity contribution in [2.75, 3.05) is 19.8 Å². The van der Waals surface area contributed by atoms with Crippen LogP contribution in [0.2, 0.25) is 0 Å². The maximum absolute atomic E-state index is 10.4. The number of carboxylic acid groups (broad SMARTS) is 5. The van der Waals surface area contributed by atoms with E-state index in [0.717, 1.165) is 107 Å². The molecule has 0 aromatic heterocycles. The van der Waals surface area contributed by atoms with Gasteiger partial charge in [0.2, 0.25) is 0 Å². The minimum absolute atomic E-state index is 0. The summed E-state index contributed by atoms with van der Waals surface area (Å²) in [5.74, 6) is -4.86. The van der Waals surface area contributed by atoms with Gasteiger partial charge in [0.25, 0.3) is 0 Å². The van der Waals surface area contributed by atoms with Gasteiger partial charge in [0.15, 0.2) is 0 Å². The van der Waals surface area contributed by atoms with Crippen molar-refractivity contribution in [2.24, 2.45) is 40.1 Å². The molecule has 0 radical (unpaired) electrons. The summed E-state index contributed by atoms with van der Waals surface area (Å²) < 4.78 is 5.19. The summed E-state index contributed by atoms with van der Waals surface area (Å²) in [5, 5.41) is 72.3. The Morgan fingerprint density at radius 1 is 0.457 bits per heavy atom. The maximum Gasteiger partial charge on any atom is 0.320 e. The number of nitrogens with two attached hydrogens (primary N) is 7. The number of hydrogen-bond donors (Lipinski definition) is 16. The van der Waals surface area contributed by atoms with Gasteiger partial charge < -0.3 is 92.0 Å². The van der Waals surface area contributed by atoms with Crippen LogP contribution >= 0.6 is 0 Å². The Hall–Kier alpha value is -4.55. The molecule has 0 rings (SSSR count). The summed E-state index contributed by atoms with van der Waals surface area (Å²) in [6.45, 7) is 13.1. The van der Waals surface area contributed by atoms with Gasteiger partial charge in [-0.05, 0) is 123 Å². The van der Waals surface area contributed by atoms with E-state index in [0.29, 0.717) is 89.0 Å². The lowest BCUT2D eigenvalue weighted by molar-refractivity contribution is -0.139. The van der Waals surface area contributed by atoms with Crippen LogP contribution in [0, 0.1) is 21.6 Å². The van der Waals surface area contributed by atoms with E-state index >= 15 is 0 Å². The summed E-state index contributed by atoms with van der Waals surface area (Å²) in [4.78, 5) is 51.7. The molecular formula is C48H99N11O11. The molecule has 0 aliphatic rings. The molecule has 0 aliphatic carbocycles. The van der Waals surface area contributed by atoms with Crippen LogP contribution in [0.3, 0.4) is 0 Å². The molecule has 6 unspecified atom stereocenters. The Bertz CT molecular complexity index is 1450. The third kappa shape index (κ3) is 59.6. The van der Waals surface area contributed by atoms with Crippen LogP contribution in [0.25, 0.3) is 0 Å². The number of ether oxygens (including phenoxy) is 1. The molecule has 22 heteroatoms. The summed E-state index contributed by atoms with van der Waals surface area (Å²) in [6.07, 6.45) is 16.6. The Morgan fingerprint density at radius 3 is 1.20 bits per heavy atom. The fourth-order valence-electron chi connectivity index (χ4n) is 5.47. The molecule has 0 bridgehead atoms. The zero-order valence-corrected chi connectivity index (χ0v) is 42.3. The van der Waals surface area contributed by atoms with Crippen LogP contribution < -0.4 is 40.1 Å². The lowest BCUT2D eigenvalue weighted by Gasteiger charge is -2.12. The van der Waals surface area contributed by atoms with Crippen molar-refractivity contribution < 1.29 is 54.2 Å². The maximum atomic E-state index is 10.4. The van der Waals surface area contributed by atoms with E-state index in [1.807, 2.05) is 13.8 Å². The van der Waals surface area contributed by atoms with E-state index in [-0.39, 0.29) is 13.5 Å². The first-order valence-electron chi connectivity index (χ1n) is 24.1. The first-order valence-corrected chi connectivity index (χ1v) is 24.1. The van der Waals surface area contributed by atoms with Crippen molar-refractivity contribution in [3.05, 3.63) is 12.2 Å². The highest BCUT2D eigenvalue weighted by Crippen LogP contribution is 2.09. The van der Waals surface area contributed by atoms with Crippen molar-refractivity contribution in [1.82, 2.24) is 0 Å². The smallest absolute Gasteiger partial charge is 0.320 e. The number of nitrogens with one attached hydrogen (secondary N) is 4. The van der Waals surface area contributed by atoms with Crippen molar-refractivity contribution >= 4 is 52.7 Å². The van der Waals surface area contributed by atoms with Gasteiger partial charge in [-0.2, -0.15) is 0 Å². The number of unbranched alkanes of at least 4 members (excludes halogenated alkanes) is 3. The largest absolute Gasteiger partial charge is 0.480 e. The Morgan fingerprint density at radius 2 is 0.814 bits per heavy atom. The fourth-order valence-corrected chi connectivity index (χ4v) is 5.47. The molecule has 0 spiro atoms. The molecule has 412 valence electrons. The Kier molecular flexibility index (Phi) is 57.4. The van der Waals surface area contributed by atoms with Gasteiger partial charge in [-0.1, -0.05) is 65.9 Å². The third-order valence-electron chi connectivity index (χ3n) is 9.79. The second-order valence-electron chi connectivity index (χ2n) is 17.0. The monoisotopic (exact) mass is 1010 g/mol. The highest BCUT2D eigenvalue weighted by Gasteiger charge is 2.15. The minimum atomic E-state index is -1.02. The Labute approximate surface area is 418 Å². The van der Waals surface area contributed by atoms with E-state index in [4.69, 9.17) is 92.0 Å². The third-order valence-corrected chi connectivity index (χ3v) is 9.79. The summed E-state index contributed by atoms with van der Waals surface area (Å²) in [6, 6.07) is -4.01. The molecule has 0 aliphatic heterocycles. The van der Waals surface area contributed by atoms with Crippen LogP contribution in [-0.2, 0) is 28.7 Å². The number of carboxylic acids is 5. The lowest BCUT2D eigenvalue weighted by Crippen LogP contribution is -2.32. The second kappa shape index (κ2) is 52.3. The molecule has 0 aromatic rings. The van der Waals surface area contributed by atoms with E-state index in [9.17, 15) is 24.0 Å². The zero-order valence-electron chi connectivity index (χ0n) is 42.3. The van der Waals surface area contributed by atoms with Crippen LogP contribution in [0.4, 0.5) is 0 Å². The topological polar surface area (TPSA) is 473 Å². The number of aliphatic carboxylic acids is 5. The predicted octanol–water partition coefficient (Wildman–Crippen LogP) is 5.62.